The van der Waals surface area contributed by atoms with Gasteiger partial charge < -0.3 is 20.6 Å². The van der Waals surface area contributed by atoms with Crippen LogP contribution < -0.4 is 16.3 Å². The van der Waals surface area contributed by atoms with E-state index in [2.05, 4.69) is 20.6 Å². The number of aromatic nitrogens is 2. The number of rotatable bonds is 2. The quantitative estimate of drug-likeness (QED) is 0.547. The molecule has 1 heterocycles. The molecule has 106 valence electrons. The van der Waals surface area contributed by atoms with E-state index in [1.165, 1.54) is 0 Å². The number of fused-ring (bicyclic) bond motifs is 1. The molecule has 0 amide bonds. The van der Waals surface area contributed by atoms with Gasteiger partial charge in [0.25, 0.3) is 0 Å². The molecule has 3 rings (SSSR count). The van der Waals surface area contributed by atoms with Crippen LogP contribution >= 0.6 is 23.8 Å². The first-order chi connectivity index (χ1) is 10.1. The van der Waals surface area contributed by atoms with Crippen molar-refractivity contribution in [2.24, 2.45) is 0 Å². The van der Waals surface area contributed by atoms with Crippen molar-refractivity contribution in [3.05, 3.63) is 58.0 Å². The normalized spacial score (nSPS) is 10.5. The Labute approximate surface area is 130 Å². The van der Waals surface area contributed by atoms with Gasteiger partial charge in [-0.15, -0.1) is 0 Å². The molecule has 0 aliphatic rings. The zero-order valence-corrected chi connectivity index (χ0v) is 12.3. The lowest BCUT2D eigenvalue weighted by Crippen LogP contribution is -2.18. The Morgan fingerprint density at radius 3 is 2.48 bits per heavy atom. The fourth-order valence-corrected chi connectivity index (χ4v) is 2.40. The maximum Gasteiger partial charge on any atom is 0.323 e. The Bertz CT molecular complexity index is 871. The molecule has 4 N–H and O–H groups in total. The first kappa shape index (κ1) is 13.7. The first-order valence-corrected chi connectivity index (χ1v) is 6.94. The summed E-state index contributed by atoms with van der Waals surface area (Å²) in [4.78, 5) is 16.6. The predicted molar refractivity (Wildman–Crippen MR) is 90.2 cm³/mol. The van der Waals surface area contributed by atoms with Crippen LogP contribution in [0.5, 0.6) is 0 Å². The van der Waals surface area contributed by atoms with E-state index >= 15 is 0 Å². The third-order valence-electron chi connectivity index (χ3n) is 2.86. The molecule has 2 aromatic carbocycles. The number of imidazole rings is 1. The molecule has 1 aromatic heterocycles. The van der Waals surface area contributed by atoms with E-state index in [1.807, 2.05) is 18.2 Å². The van der Waals surface area contributed by atoms with Crippen molar-refractivity contribution >= 4 is 51.3 Å². The van der Waals surface area contributed by atoms with Crippen molar-refractivity contribution in [3.8, 4) is 0 Å². The second-order valence-corrected chi connectivity index (χ2v) is 5.27. The van der Waals surface area contributed by atoms with Crippen molar-refractivity contribution < 1.29 is 0 Å². The summed E-state index contributed by atoms with van der Waals surface area (Å²) < 4.78 is 0. The summed E-state index contributed by atoms with van der Waals surface area (Å²) in [7, 11) is 0. The highest BCUT2D eigenvalue weighted by Gasteiger charge is 2.02. The Morgan fingerprint density at radius 2 is 1.71 bits per heavy atom. The molecule has 5 nitrogen and oxygen atoms in total. The van der Waals surface area contributed by atoms with Gasteiger partial charge in [-0.05, 0) is 48.6 Å². The highest BCUT2D eigenvalue weighted by Crippen LogP contribution is 2.17. The first-order valence-electron chi connectivity index (χ1n) is 6.16. The molecule has 0 radical (unpaired) electrons. The average molecular weight is 319 g/mol. The minimum atomic E-state index is -0.234. The second kappa shape index (κ2) is 5.59. The molecule has 0 unspecified atom stereocenters. The van der Waals surface area contributed by atoms with Gasteiger partial charge in [-0.3, -0.25) is 0 Å². The molecule has 0 spiro atoms. The largest absolute Gasteiger partial charge is 0.332 e. The number of halogens is 1. The Morgan fingerprint density at radius 1 is 1.00 bits per heavy atom. The van der Waals surface area contributed by atoms with Gasteiger partial charge in [0.05, 0.1) is 11.0 Å². The lowest BCUT2D eigenvalue weighted by atomic mass is 10.3. The smallest absolute Gasteiger partial charge is 0.323 e. The minimum Gasteiger partial charge on any atom is -0.332 e. The number of hydrogen-bond acceptors (Lipinski definition) is 2. The van der Waals surface area contributed by atoms with Crippen molar-refractivity contribution in [1.82, 2.24) is 9.97 Å². The number of thiocarbonyl (C=S) groups is 1. The fraction of sp³-hybridized carbons (Fsp3) is 0. The van der Waals surface area contributed by atoms with Crippen LogP contribution in [0.2, 0.25) is 5.02 Å². The number of anilines is 2. The van der Waals surface area contributed by atoms with Crippen LogP contribution in [0, 0.1) is 0 Å². The molecule has 7 heteroatoms. The third kappa shape index (κ3) is 3.24. The lowest BCUT2D eigenvalue weighted by Gasteiger charge is -2.10. The lowest BCUT2D eigenvalue weighted by molar-refractivity contribution is 1.22. The molecular weight excluding hydrogens is 308 g/mol. The highest BCUT2D eigenvalue weighted by atomic mass is 35.5. The number of aromatic amines is 2. The summed E-state index contributed by atoms with van der Waals surface area (Å²) in [6.07, 6.45) is 0. The van der Waals surface area contributed by atoms with E-state index in [4.69, 9.17) is 23.8 Å². The number of H-pyrrole nitrogens is 2. The third-order valence-corrected chi connectivity index (χ3v) is 3.30. The van der Waals surface area contributed by atoms with Crippen LogP contribution in [-0.4, -0.2) is 15.1 Å². The number of nitrogens with one attached hydrogen (secondary N) is 4. The molecule has 21 heavy (non-hydrogen) atoms. The van der Waals surface area contributed by atoms with Crippen LogP contribution in [0.4, 0.5) is 11.4 Å². The molecule has 0 aliphatic carbocycles. The molecular formula is C14H11ClN4OS. The SMILES string of the molecule is O=c1[nH]c2ccc(NC(=S)Nc3cccc(Cl)c3)cc2[nH]1. The molecule has 0 fully saturated rings. The monoisotopic (exact) mass is 318 g/mol. The summed E-state index contributed by atoms with van der Waals surface area (Å²) in [6, 6.07) is 12.7. The number of hydrogen-bond donors (Lipinski definition) is 4. The maximum absolute atomic E-state index is 11.2. The summed E-state index contributed by atoms with van der Waals surface area (Å²) in [5.74, 6) is 0. The highest BCUT2D eigenvalue weighted by molar-refractivity contribution is 7.80. The predicted octanol–water partition coefficient (Wildman–Crippen LogP) is 3.32. The van der Waals surface area contributed by atoms with E-state index in [0.29, 0.717) is 10.1 Å². The van der Waals surface area contributed by atoms with Crippen molar-refractivity contribution in [2.45, 2.75) is 0 Å². The fourth-order valence-electron chi connectivity index (χ4n) is 1.97. The summed E-state index contributed by atoms with van der Waals surface area (Å²) in [6.45, 7) is 0. The Hall–Kier alpha value is -2.31. The zero-order chi connectivity index (χ0) is 14.8. The maximum atomic E-state index is 11.2. The van der Waals surface area contributed by atoms with E-state index < -0.39 is 0 Å². The molecule has 0 saturated heterocycles. The Kier molecular flexibility index (Phi) is 3.64. The van der Waals surface area contributed by atoms with Gasteiger partial charge in [-0.1, -0.05) is 17.7 Å². The van der Waals surface area contributed by atoms with Gasteiger partial charge in [0, 0.05) is 16.4 Å². The van der Waals surface area contributed by atoms with Crippen LogP contribution in [0.1, 0.15) is 0 Å². The summed E-state index contributed by atoms with van der Waals surface area (Å²) in [5.41, 5.74) is 2.81. The molecule has 0 saturated carbocycles. The summed E-state index contributed by atoms with van der Waals surface area (Å²) in [5, 5.41) is 7.17. The van der Waals surface area contributed by atoms with Gasteiger partial charge in [0.1, 0.15) is 0 Å². The summed E-state index contributed by atoms with van der Waals surface area (Å²) >= 11 is 11.2. The van der Waals surface area contributed by atoms with Crippen molar-refractivity contribution in [1.29, 1.82) is 0 Å². The van der Waals surface area contributed by atoms with E-state index in [0.717, 1.165) is 22.4 Å². The average Bonchev–Trinajstić information content (AvgIpc) is 2.78. The zero-order valence-electron chi connectivity index (χ0n) is 10.7. The van der Waals surface area contributed by atoms with E-state index in [-0.39, 0.29) is 5.69 Å². The van der Waals surface area contributed by atoms with Gasteiger partial charge >= 0.3 is 5.69 Å². The second-order valence-electron chi connectivity index (χ2n) is 4.43. The standard InChI is InChI=1S/C14H11ClN4OS/c15-8-2-1-3-9(6-8)16-14(21)17-10-4-5-11-12(7-10)19-13(20)18-11/h1-7H,(H2,16,17,21)(H2,18,19,20). The molecule has 0 bridgehead atoms. The molecule has 3 aromatic rings. The van der Waals surface area contributed by atoms with Crippen molar-refractivity contribution in [3.63, 3.8) is 0 Å². The topological polar surface area (TPSA) is 72.7 Å². The van der Waals surface area contributed by atoms with E-state index in [1.54, 1.807) is 24.3 Å². The van der Waals surface area contributed by atoms with Crippen molar-refractivity contribution in [2.75, 3.05) is 10.6 Å². The van der Waals surface area contributed by atoms with Gasteiger partial charge in [0.2, 0.25) is 0 Å². The number of benzene rings is 2. The van der Waals surface area contributed by atoms with Crippen LogP contribution in [-0.2, 0) is 0 Å². The van der Waals surface area contributed by atoms with Crippen LogP contribution in [0.15, 0.2) is 47.3 Å². The van der Waals surface area contributed by atoms with E-state index in [9.17, 15) is 4.79 Å². The van der Waals surface area contributed by atoms with Gasteiger partial charge in [0.15, 0.2) is 5.11 Å². The van der Waals surface area contributed by atoms with Gasteiger partial charge in [-0.25, -0.2) is 4.79 Å². The minimum absolute atomic E-state index is 0.234. The molecule has 0 aliphatic heterocycles. The van der Waals surface area contributed by atoms with Crippen LogP contribution in [0.3, 0.4) is 0 Å². The van der Waals surface area contributed by atoms with Gasteiger partial charge in [-0.2, -0.15) is 0 Å². The van der Waals surface area contributed by atoms with Crippen LogP contribution in [0.25, 0.3) is 11.0 Å². The Balaban J connectivity index is 1.75. The molecule has 0 atom stereocenters.